The normalized spacial score (nSPS) is 12.7. The van der Waals surface area contributed by atoms with Crippen molar-refractivity contribution in [3.8, 4) is 11.3 Å². The van der Waals surface area contributed by atoms with Gasteiger partial charge in [-0.1, -0.05) is 121 Å². The van der Waals surface area contributed by atoms with Crippen molar-refractivity contribution in [2.24, 2.45) is 16.7 Å². The third kappa shape index (κ3) is 10.4. The Morgan fingerprint density at radius 3 is 1.94 bits per heavy atom. The molecule has 0 bridgehead atoms. The van der Waals surface area contributed by atoms with Crippen molar-refractivity contribution < 1.29 is 30.0 Å². The number of nitrogens with zero attached hydrogens (tertiary/aromatic N) is 2. The number of carbonyl (C=O) groups excluding carboxylic acids is 1. The van der Waals surface area contributed by atoms with Gasteiger partial charge in [-0.15, -0.1) is 34.9 Å². The van der Waals surface area contributed by atoms with Crippen LogP contribution in [0.2, 0.25) is 0 Å². The van der Waals surface area contributed by atoms with Gasteiger partial charge in [-0.05, 0) is 78.0 Å². The predicted octanol–water partition coefficient (Wildman–Crippen LogP) is 13.1. The van der Waals surface area contributed by atoms with E-state index in [0.29, 0.717) is 5.92 Å². The number of ketones is 1. The molecule has 281 valence electrons. The van der Waals surface area contributed by atoms with Crippen LogP contribution in [0.4, 0.5) is 0 Å². The number of benzene rings is 3. The van der Waals surface area contributed by atoms with E-state index < -0.39 is 0 Å². The van der Waals surface area contributed by atoms with E-state index in [-0.39, 0.29) is 53.8 Å². The van der Waals surface area contributed by atoms with E-state index in [0.717, 1.165) is 65.7 Å². The zero-order chi connectivity index (χ0) is 37.8. The van der Waals surface area contributed by atoms with Crippen LogP contribution >= 0.6 is 0 Å². The van der Waals surface area contributed by atoms with E-state index in [2.05, 4.69) is 105 Å². The molecule has 0 unspecified atom stereocenters. The van der Waals surface area contributed by atoms with Gasteiger partial charge in [0, 0.05) is 48.3 Å². The molecule has 4 rings (SSSR count). The molecule has 1 N–H and O–H groups in total. The summed E-state index contributed by atoms with van der Waals surface area (Å²) in [5.41, 5.74) is 7.71. The summed E-state index contributed by atoms with van der Waals surface area (Å²) in [6.45, 7) is 32.1. The minimum absolute atomic E-state index is 0. The van der Waals surface area contributed by atoms with Crippen molar-refractivity contribution >= 4 is 27.5 Å². The molecule has 1 radical (unpaired) electrons. The molecular formula is C46H65IrN2O2-. The Morgan fingerprint density at radius 2 is 1.43 bits per heavy atom. The fourth-order valence-electron chi connectivity index (χ4n) is 6.37. The first-order valence-corrected chi connectivity index (χ1v) is 19.0. The molecule has 5 heteroatoms. The molecule has 3 aromatic carbocycles. The van der Waals surface area contributed by atoms with Gasteiger partial charge in [0.2, 0.25) is 0 Å². The Labute approximate surface area is 323 Å². The number of hydrogen-bond donors (Lipinski definition) is 1. The molecule has 0 aliphatic heterocycles. The van der Waals surface area contributed by atoms with Gasteiger partial charge in [0.15, 0.2) is 5.78 Å². The van der Waals surface area contributed by atoms with Crippen molar-refractivity contribution in [2.45, 2.75) is 147 Å². The van der Waals surface area contributed by atoms with Crippen LogP contribution in [0.3, 0.4) is 0 Å². The predicted molar refractivity (Wildman–Crippen MR) is 215 cm³/mol. The van der Waals surface area contributed by atoms with Crippen molar-refractivity contribution in [1.82, 2.24) is 9.97 Å². The van der Waals surface area contributed by atoms with E-state index in [1.165, 1.54) is 33.5 Å². The van der Waals surface area contributed by atoms with Crippen LogP contribution in [-0.4, -0.2) is 20.9 Å². The van der Waals surface area contributed by atoms with E-state index in [9.17, 15) is 9.90 Å². The summed E-state index contributed by atoms with van der Waals surface area (Å²) in [5, 5.41) is 13.7. The topological polar surface area (TPSA) is 63.1 Å². The molecule has 4 aromatic rings. The van der Waals surface area contributed by atoms with Gasteiger partial charge < -0.3 is 5.11 Å². The third-order valence-corrected chi connectivity index (χ3v) is 10.9. The number of aliphatic hydroxyl groups is 1. The fraction of sp³-hybridized carbons (Fsp3) is 0.543. The molecule has 0 atom stereocenters. The molecule has 0 fully saturated rings. The summed E-state index contributed by atoms with van der Waals surface area (Å²) in [5.74, 6) is 2.06. The largest absolute Gasteiger partial charge is 0.512 e. The zero-order valence-corrected chi connectivity index (χ0v) is 36.7. The van der Waals surface area contributed by atoms with E-state index in [1.54, 1.807) is 0 Å². The van der Waals surface area contributed by atoms with Crippen molar-refractivity contribution in [2.75, 3.05) is 0 Å². The molecule has 0 saturated carbocycles. The van der Waals surface area contributed by atoms with Gasteiger partial charge in [-0.2, -0.15) is 0 Å². The SMILES string of the molecule is CCC(C)(CC)C(=O)/C=C(\O)C(C)(CC)CC.Cc1[c-]c(-c2nc(C(C)C)nc3c2ccc2cc(CC(C)C)cc(C)c23)cc(C(C)(C)C)c1.[Ir]. The number of fused-ring (bicyclic) bond motifs is 3. The summed E-state index contributed by atoms with van der Waals surface area (Å²) in [6.07, 6.45) is 5.85. The standard InChI is InChI=1S/C31H37N2.C15H28O2.Ir/c1-18(2)12-22-15-21(6)27-23(16-22)10-11-26-28(32-30(19(3)4)33-29(26)27)24-13-20(5)14-25(17-24)31(7,8)9;1-7-14(5,8-2)12(16)11-13(17)15(6,9-3)10-4;/h10-11,14-19H,12H2,1-9H3;11,16H,7-10H2,1-6H3;/q-1;;/b;12-11-;. The Morgan fingerprint density at radius 1 is 0.843 bits per heavy atom. The molecule has 0 amide bonds. The molecule has 51 heavy (non-hydrogen) atoms. The Balaban J connectivity index is 0.000000428. The number of aromatic nitrogens is 2. The Bertz CT molecular complexity index is 1840. The van der Waals surface area contributed by atoms with Gasteiger partial charge in [0.1, 0.15) is 11.6 Å². The maximum atomic E-state index is 12.2. The minimum Gasteiger partial charge on any atom is -0.512 e. The van der Waals surface area contributed by atoms with Crippen molar-refractivity contribution in [3.63, 3.8) is 0 Å². The molecular weight excluding hydrogens is 805 g/mol. The summed E-state index contributed by atoms with van der Waals surface area (Å²) >= 11 is 0. The third-order valence-electron chi connectivity index (χ3n) is 10.9. The van der Waals surface area contributed by atoms with Crippen LogP contribution in [0.5, 0.6) is 0 Å². The number of allylic oxidation sites excluding steroid dienone is 2. The van der Waals surface area contributed by atoms with Gasteiger partial charge in [-0.25, -0.2) is 4.98 Å². The molecule has 0 aliphatic rings. The minimum atomic E-state index is -0.337. The number of carbonyl (C=O) groups is 1. The van der Waals surface area contributed by atoms with Crippen LogP contribution in [0.25, 0.3) is 32.9 Å². The van der Waals surface area contributed by atoms with Crippen LogP contribution in [0.1, 0.15) is 150 Å². The van der Waals surface area contributed by atoms with E-state index in [4.69, 9.17) is 9.97 Å². The maximum absolute atomic E-state index is 12.2. The number of aryl methyl sites for hydroxylation is 2. The summed E-state index contributed by atoms with van der Waals surface area (Å²) in [6, 6.07) is 17.2. The quantitative estimate of drug-likeness (QED) is 0.0706. The number of rotatable bonds is 11. The first kappa shape index (κ1) is 44.3. The van der Waals surface area contributed by atoms with Gasteiger partial charge in [0.05, 0.1) is 5.52 Å². The fourth-order valence-corrected chi connectivity index (χ4v) is 6.37. The number of hydrogen-bond acceptors (Lipinski definition) is 4. The zero-order valence-electron chi connectivity index (χ0n) is 34.3. The molecule has 0 aliphatic carbocycles. The van der Waals surface area contributed by atoms with E-state index in [1.807, 2.05) is 41.5 Å². The molecule has 1 heterocycles. The van der Waals surface area contributed by atoms with Crippen LogP contribution < -0.4 is 0 Å². The number of aliphatic hydroxyl groups excluding tert-OH is 1. The monoisotopic (exact) mass is 870 g/mol. The van der Waals surface area contributed by atoms with Gasteiger partial charge in [0.25, 0.3) is 0 Å². The van der Waals surface area contributed by atoms with Crippen LogP contribution in [0, 0.1) is 36.7 Å². The smallest absolute Gasteiger partial charge is 0.164 e. The molecule has 1 aromatic heterocycles. The second kappa shape index (κ2) is 17.8. The average Bonchev–Trinajstić information content (AvgIpc) is 3.05. The first-order chi connectivity index (χ1) is 23.2. The van der Waals surface area contributed by atoms with Crippen molar-refractivity contribution in [1.29, 1.82) is 0 Å². The second-order valence-electron chi connectivity index (χ2n) is 16.8. The average molecular weight is 870 g/mol. The van der Waals surface area contributed by atoms with E-state index >= 15 is 0 Å². The summed E-state index contributed by atoms with van der Waals surface area (Å²) < 4.78 is 0. The first-order valence-electron chi connectivity index (χ1n) is 19.0. The van der Waals surface area contributed by atoms with Crippen molar-refractivity contribution in [3.05, 3.63) is 82.4 Å². The molecule has 0 spiro atoms. The Kier molecular flexibility index (Phi) is 15.4. The van der Waals surface area contributed by atoms with Gasteiger partial charge >= 0.3 is 0 Å². The van der Waals surface area contributed by atoms with Crippen LogP contribution in [-0.2, 0) is 36.7 Å². The maximum Gasteiger partial charge on any atom is 0.164 e. The second-order valence-corrected chi connectivity index (χ2v) is 16.8. The Hall–Kier alpha value is -2.88. The summed E-state index contributed by atoms with van der Waals surface area (Å²) in [4.78, 5) is 22.4. The molecule has 0 saturated heterocycles. The molecule has 4 nitrogen and oxygen atoms in total. The summed E-state index contributed by atoms with van der Waals surface area (Å²) in [7, 11) is 0. The van der Waals surface area contributed by atoms with Crippen LogP contribution in [0.15, 0.2) is 48.2 Å². The van der Waals surface area contributed by atoms with Gasteiger partial charge in [-0.3, -0.25) is 9.78 Å².